The fourth-order valence-corrected chi connectivity index (χ4v) is 1.66. The lowest BCUT2D eigenvalue weighted by atomic mass is 10.1. The molecule has 0 aliphatic carbocycles. The maximum Gasteiger partial charge on any atom is 0.230 e. The lowest BCUT2D eigenvalue weighted by Gasteiger charge is -2.01. The highest BCUT2D eigenvalue weighted by Gasteiger charge is 2.10. The highest BCUT2D eigenvalue weighted by atomic mass is 16.1. The van der Waals surface area contributed by atoms with Crippen LogP contribution in [0.15, 0.2) is 42.7 Å². The van der Waals surface area contributed by atoms with Crippen LogP contribution in [-0.2, 0) is 6.42 Å². The maximum absolute atomic E-state index is 12.0. The van der Waals surface area contributed by atoms with Crippen molar-refractivity contribution in [3.8, 4) is 0 Å². The number of hydrogen-bond donors (Lipinski definition) is 0. The Kier molecular flexibility index (Phi) is 3.60. The highest BCUT2D eigenvalue weighted by Crippen LogP contribution is 2.09. The van der Waals surface area contributed by atoms with E-state index in [4.69, 9.17) is 0 Å². The van der Waals surface area contributed by atoms with Gasteiger partial charge < -0.3 is 0 Å². The summed E-state index contributed by atoms with van der Waals surface area (Å²) in [6, 6.07) is 9.34. The van der Waals surface area contributed by atoms with E-state index in [1.807, 2.05) is 24.3 Å². The molecule has 17 heavy (non-hydrogen) atoms. The van der Waals surface area contributed by atoms with E-state index in [-0.39, 0.29) is 11.6 Å². The van der Waals surface area contributed by atoms with Gasteiger partial charge in [-0.1, -0.05) is 37.6 Å². The fraction of sp³-hybridized carbons (Fsp3) is 0.214. The number of aromatic nitrogens is 2. The van der Waals surface area contributed by atoms with Crippen LogP contribution in [0.2, 0.25) is 0 Å². The summed E-state index contributed by atoms with van der Waals surface area (Å²) in [5, 5.41) is 0. The largest absolute Gasteiger partial charge is 0.285 e. The average molecular weight is 226 g/mol. The van der Waals surface area contributed by atoms with E-state index in [1.54, 1.807) is 18.5 Å². The van der Waals surface area contributed by atoms with E-state index >= 15 is 0 Å². The predicted molar refractivity (Wildman–Crippen MR) is 65.9 cm³/mol. The molecular formula is C14H14N2O. The minimum atomic E-state index is -0.131. The molecule has 3 nitrogen and oxygen atoms in total. The molecule has 0 saturated carbocycles. The molecule has 3 heteroatoms. The number of rotatable bonds is 4. The number of benzene rings is 1. The third kappa shape index (κ3) is 2.75. The first-order chi connectivity index (χ1) is 8.31. The Balaban J connectivity index is 2.20. The van der Waals surface area contributed by atoms with Gasteiger partial charge >= 0.3 is 0 Å². The van der Waals surface area contributed by atoms with Gasteiger partial charge in [0.25, 0.3) is 0 Å². The zero-order chi connectivity index (χ0) is 12.1. The first kappa shape index (κ1) is 11.5. The van der Waals surface area contributed by atoms with Crippen molar-refractivity contribution in [1.29, 1.82) is 0 Å². The molecule has 1 heterocycles. The molecule has 0 amide bonds. The summed E-state index contributed by atoms with van der Waals surface area (Å²) in [5.74, 6) is 0.115. The van der Waals surface area contributed by atoms with E-state index in [1.165, 1.54) is 5.56 Å². The monoisotopic (exact) mass is 226 g/mol. The van der Waals surface area contributed by atoms with Crippen LogP contribution < -0.4 is 0 Å². The van der Waals surface area contributed by atoms with Crippen LogP contribution in [0.1, 0.15) is 35.1 Å². The second-order valence-electron chi connectivity index (χ2n) is 3.85. The molecule has 0 radical (unpaired) electrons. The predicted octanol–water partition coefficient (Wildman–Crippen LogP) is 2.66. The summed E-state index contributed by atoms with van der Waals surface area (Å²) in [7, 11) is 0. The summed E-state index contributed by atoms with van der Waals surface area (Å²) in [4.78, 5) is 19.9. The second-order valence-corrected chi connectivity index (χ2v) is 3.85. The second kappa shape index (κ2) is 5.34. The molecule has 2 aromatic rings. The molecule has 0 unspecified atom stereocenters. The lowest BCUT2D eigenvalue weighted by Crippen LogP contribution is -2.06. The standard InChI is InChI=1S/C14H14N2O/c1-2-4-11-5-7-12(8-6-11)13(17)14-15-9-3-10-16-14/h3,5-10H,2,4H2,1H3. The fourth-order valence-electron chi connectivity index (χ4n) is 1.66. The Morgan fingerprint density at radius 2 is 1.76 bits per heavy atom. The third-order valence-corrected chi connectivity index (χ3v) is 2.52. The molecule has 0 spiro atoms. The minimum Gasteiger partial charge on any atom is -0.285 e. The number of carbonyl (C=O) groups is 1. The van der Waals surface area contributed by atoms with Crippen LogP contribution in [0.25, 0.3) is 0 Å². The van der Waals surface area contributed by atoms with E-state index in [9.17, 15) is 4.79 Å². The van der Waals surface area contributed by atoms with Crippen LogP contribution in [0, 0.1) is 0 Å². The van der Waals surface area contributed by atoms with E-state index in [0.29, 0.717) is 5.56 Å². The quantitative estimate of drug-likeness (QED) is 0.753. The van der Waals surface area contributed by atoms with Crippen molar-refractivity contribution in [3.63, 3.8) is 0 Å². The van der Waals surface area contributed by atoms with Crippen molar-refractivity contribution in [1.82, 2.24) is 9.97 Å². The van der Waals surface area contributed by atoms with Gasteiger partial charge in [-0.25, -0.2) is 9.97 Å². The number of ketones is 1. The van der Waals surface area contributed by atoms with Crippen LogP contribution >= 0.6 is 0 Å². The van der Waals surface area contributed by atoms with Gasteiger partial charge in [-0.05, 0) is 18.1 Å². The average Bonchev–Trinajstić information content (AvgIpc) is 2.40. The van der Waals surface area contributed by atoms with Gasteiger partial charge in [0, 0.05) is 18.0 Å². The number of hydrogen-bond acceptors (Lipinski definition) is 3. The third-order valence-electron chi connectivity index (χ3n) is 2.52. The van der Waals surface area contributed by atoms with Crippen molar-refractivity contribution >= 4 is 5.78 Å². The summed E-state index contributed by atoms with van der Waals surface area (Å²) in [6.07, 6.45) is 5.29. The zero-order valence-electron chi connectivity index (χ0n) is 9.76. The molecule has 0 N–H and O–H groups in total. The summed E-state index contributed by atoms with van der Waals surface area (Å²) >= 11 is 0. The smallest absolute Gasteiger partial charge is 0.230 e. The normalized spacial score (nSPS) is 10.2. The number of nitrogens with zero attached hydrogens (tertiary/aromatic N) is 2. The Hall–Kier alpha value is -2.03. The Labute approximate surface area is 101 Å². The Morgan fingerprint density at radius 1 is 1.12 bits per heavy atom. The Morgan fingerprint density at radius 3 is 2.35 bits per heavy atom. The number of aryl methyl sites for hydroxylation is 1. The summed E-state index contributed by atoms with van der Waals surface area (Å²) in [6.45, 7) is 2.14. The van der Waals surface area contributed by atoms with Crippen molar-refractivity contribution < 1.29 is 4.79 Å². The SMILES string of the molecule is CCCc1ccc(C(=O)c2ncccn2)cc1. The molecule has 1 aromatic heterocycles. The van der Waals surface area contributed by atoms with Crippen LogP contribution in [0.5, 0.6) is 0 Å². The molecule has 2 rings (SSSR count). The van der Waals surface area contributed by atoms with Crippen LogP contribution in [0.3, 0.4) is 0 Å². The molecule has 0 atom stereocenters. The van der Waals surface area contributed by atoms with Gasteiger partial charge in [-0.15, -0.1) is 0 Å². The van der Waals surface area contributed by atoms with Gasteiger partial charge in [-0.3, -0.25) is 4.79 Å². The molecule has 0 fully saturated rings. The van der Waals surface area contributed by atoms with Crippen molar-refractivity contribution in [2.24, 2.45) is 0 Å². The molecule has 0 aliphatic heterocycles. The van der Waals surface area contributed by atoms with Crippen molar-refractivity contribution in [3.05, 3.63) is 59.7 Å². The van der Waals surface area contributed by atoms with Gasteiger partial charge in [0.1, 0.15) is 0 Å². The molecule has 0 aliphatic rings. The van der Waals surface area contributed by atoms with Gasteiger partial charge in [0.05, 0.1) is 0 Å². The van der Waals surface area contributed by atoms with Crippen LogP contribution in [0.4, 0.5) is 0 Å². The van der Waals surface area contributed by atoms with E-state index < -0.39 is 0 Å². The lowest BCUT2D eigenvalue weighted by molar-refractivity contribution is 0.102. The molecule has 0 bridgehead atoms. The highest BCUT2D eigenvalue weighted by molar-refractivity contribution is 6.06. The molecular weight excluding hydrogens is 212 g/mol. The van der Waals surface area contributed by atoms with E-state index in [0.717, 1.165) is 12.8 Å². The maximum atomic E-state index is 12.0. The number of carbonyl (C=O) groups excluding carboxylic acids is 1. The molecule has 1 aromatic carbocycles. The van der Waals surface area contributed by atoms with Crippen molar-refractivity contribution in [2.45, 2.75) is 19.8 Å². The summed E-state index contributed by atoms with van der Waals surface area (Å²) in [5.41, 5.74) is 1.88. The Bertz CT molecular complexity index is 491. The van der Waals surface area contributed by atoms with Crippen LogP contribution in [-0.4, -0.2) is 15.8 Å². The zero-order valence-corrected chi connectivity index (χ0v) is 9.76. The minimum absolute atomic E-state index is 0.131. The molecule has 86 valence electrons. The van der Waals surface area contributed by atoms with Crippen molar-refractivity contribution in [2.75, 3.05) is 0 Å². The first-order valence-corrected chi connectivity index (χ1v) is 5.72. The topological polar surface area (TPSA) is 42.9 Å². The first-order valence-electron chi connectivity index (χ1n) is 5.72. The van der Waals surface area contributed by atoms with E-state index in [2.05, 4.69) is 16.9 Å². The summed E-state index contributed by atoms with van der Waals surface area (Å²) < 4.78 is 0. The van der Waals surface area contributed by atoms with Gasteiger partial charge in [0.15, 0.2) is 0 Å². The van der Waals surface area contributed by atoms with Gasteiger partial charge in [0.2, 0.25) is 11.6 Å². The van der Waals surface area contributed by atoms with Gasteiger partial charge in [-0.2, -0.15) is 0 Å². The molecule has 0 saturated heterocycles.